The third kappa shape index (κ3) is 3.98. The first-order valence-corrected chi connectivity index (χ1v) is 6.85. The molecule has 0 radical (unpaired) electrons. The standard InChI is InChI=1S/C15H20N2O3/c1-10-4-3-5-13(8-10)20-11(2)15(19)17-12-6-7-14(18)16-9-12/h3-5,8,11-12H,6-7,9H2,1-2H3,(H,16,18)(H,17,19). The van der Waals surface area contributed by atoms with E-state index in [0.29, 0.717) is 25.1 Å². The molecule has 2 amide bonds. The first kappa shape index (κ1) is 14.4. The lowest BCUT2D eigenvalue weighted by molar-refractivity contribution is -0.129. The van der Waals surface area contributed by atoms with Gasteiger partial charge in [0.2, 0.25) is 5.91 Å². The van der Waals surface area contributed by atoms with Crippen LogP contribution in [0.2, 0.25) is 0 Å². The molecular formula is C15H20N2O3. The van der Waals surface area contributed by atoms with Gasteiger partial charge in [0.05, 0.1) is 0 Å². The molecule has 2 atom stereocenters. The molecule has 2 unspecified atom stereocenters. The third-order valence-corrected chi connectivity index (χ3v) is 3.28. The number of carbonyl (C=O) groups excluding carboxylic acids is 2. The van der Waals surface area contributed by atoms with Gasteiger partial charge >= 0.3 is 0 Å². The van der Waals surface area contributed by atoms with Crippen LogP contribution in [0.5, 0.6) is 5.75 Å². The summed E-state index contributed by atoms with van der Waals surface area (Å²) in [7, 11) is 0. The van der Waals surface area contributed by atoms with E-state index in [1.54, 1.807) is 6.92 Å². The molecule has 20 heavy (non-hydrogen) atoms. The molecule has 1 heterocycles. The van der Waals surface area contributed by atoms with Gasteiger partial charge in [-0.15, -0.1) is 0 Å². The first-order chi connectivity index (χ1) is 9.54. The van der Waals surface area contributed by atoms with E-state index in [0.717, 1.165) is 5.56 Å². The number of nitrogens with one attached hydrogen (secondary N) is 2. The number of aryl methyl sites for hydroxylation is 1. The summed E-state index contributed by atoms with van der Waals surface area (Å²) in [5, 5.41) is 5.63. The van der Waals surface area contributed by atoms with E-state index >= 15 is 0 Å². The monoisotopic (exact) mass is 276 g/mol. The van der Waals surface area contributed by atoms with Crippen LogP contribution in [0, 0.1) is 6.92 Å². The second kappa shape index (κ2) is 6.41. The van der Waals surface area contributed by atoms with Gasteiger partial charge < -0.3 is 15.4 Å². The SMILES string of the molecule is Cc1cccc(OC(C)C(=O)NC2CCC(=O)NC2)c1. The fraction of sp³-hybridized carbons (Fsp3) is 0.467. The molecule has 0 aliphatic carbocycles. The lowest BCUT2D eigenvalue weighted by Gasteiger charge is -2.25. The van der Waals surface area contributed by atoms with Gasteiger partial charge in [0, 0.05) is 19.0 Å². The summed E-state index contributed by atoms with van der Waals surface area (Å²) < 4.78 is 5.62. The zero-order valence-corrected chi connectivity index (χ0v) is 11.8. The number of amides is 2. The molecule has 108 valence electrons. The van der Waals surface area contributed by atoms with E-state index in [4.69, 9.17) is 4.74 Å². The lowest BCUT2D eigenvalue weighted by atomic mass is 10.1. The molecule has 1 saturated heterocycles. The van der Waals surface area contributed by atoms with Crippen LogP contribution >= 0.6 is 0 Å². The Hall–Kier alpha value is -2.04. The number of piperidine rings is 1. The summed E-state index contributed by atoms with van der Waals surface area (Å²) >= 11 is 0. The predicted octanol–water partition coefficient (Wildman–Crippen LogP) is 1.16. The van der Waals surface area contributed by atoms with Crippen LogP contribution in [0.1, 0.15) is 25.3 Å². The molecule has 0 saturated carbocycles. The van der Waals surface area contributed by atoms with Crippen LogP contribution in [-0.2, 0) is 9.59 Å². The Bertz CT molecular complexity index is 492. The number of ether oxygens (including phenoxy) is 1. The maximum Gasteiger partial charge on any atom is 0.261 e. The number of hydrogen-bond acceptors (Lipinski definition) is 3. The number of benzene rings is 1. The van der Waals surface area contributed by atoms with Crippen molar-refractivity contribution in [1.82, 2.24) is 10.6 Å². The molecule has 1 aliphatic heterocycles. The van der Waals surface area contributed by atoms with Crippen LogP contribution in [0.4, 0.5) is 0 Å². The molecule has 1 aliphatic rings. The topological polar surface area (TPSA) is 67.4 Å². The van der Waals surface area contributed by atoms with Crippen molar-refractivity contribution in [2.45, 2.75) is 38.8 Å². The first-order valence-electron chi connectivity index (χ1n) is 6.85. The maximum absolute atomic E-state index is 12.0. The number of carbonyl (C=O) groups is 2. The highest BCUT2D eigenvalue weighted by Gasteiger charge is 2.22. The van der Waals surface area contributed by atoms with Crippen molar-refractivity contribution in [2.75, 3.05) is 6.54 Å². The summed E-state index contributed by atoms with van der Waals surface area (Å²) in [6.07, 6.45) is 0.571. The Morgan fingerprint density at radius 2 is 2.30 bits per heavy atom. The summed E-state index contributed by atoms with van der Waals surface area (Å²) in [6.45, 7) is 4.18. The minimum Gasteiger partial charge on any atom is -0.481 e. The Morgan fingerprint density at radius 3 is 2.95 bits per heavy atom. The molecule has 5 heteroatoms. The zero-order chi connectivity index (χ0) is 14.5. The van der Waals surface area contributed by atoms with Crippen LogP contribution in [-0.4, -0.2) is 30.5 Å². The molecule has 0 spiro atoms. The van der Waals surface area contributed by atoms with Crippen molar-refractivity contribution in [3.8, 4) is 5.75 Å². The van der Waals surface area contributed by atoms with Gasteiger partial charge in [-0.25, -0.2) is 0 Å². The minimum atomic E-state index is -0.561. The molecule has 5 nitrogen and oxygen atoms in total. The quantitative estimate of drug-likeness (QED) is 0.867. The summed E-state index contributed by atoms with van der Waals surface area (Å²) in [4.78, 5) is 23.1. The highest BCUT2D eigenvalue weighted by Crippen LogP contribution is 2.14. The van der Waals surface area contributed by atoms with Crippen LogP contribution in [0.15, 0.2) is 24.3 Å². The van der Waals surface area contributed by atoms with E-state index in [2.05, 4.69) is 10.6 Å². The van der Waals surface area contributed by atoms with Gasteiger partial charge in [0.25, 0.3) is 5.91 Å². The van der Waals surface area contributed by atoms with Crippen molar-refractivity contribution < 1.29 is 14.3 Å². The van der Waals surface area contributed by atoms with E-state index < -0.39 is 6.10 Å². The van der Waals surface area contributed by atoms with E-state index in [-0.39, 0.29) is 17.9 Å². The Balaban J connectivity index is 1.84. The highest BCUT2D eigenvalue weighted by atomic mass is 16.5. The van der Waals surface area contributed by atoms with Crippen molar-refractivity contribution in [3.63, 3.8) is 0 Å². The third-order valence-electron chi connectivity index (χ3n) is 3.28. The number of hydrogen-bond donors (Lipinski definition) is 2. The normalized spacial score (nSPS) is 19.9. The Morgan fingerprint density at radius 1 is 1.50 bits per heavy atom. The molecule has 0 aromatic heterocycles. The van der Waals surface area contributed by atoms with Gasteiger partial charge in [-0.3, -0.25) is 9.59 Å². The Kier molecular flexibility index (Phi) is 4.61. The van der Waals surface area contributed by atoms with E-state index in [1.165, 1.54) is 0 Å². The molecule has 2 rings (SSSR count). The predicted molar refractivity (Wildman–Crippen MR) is 75.4 cm³/mol. The van der Waals surface area contributed by atoms with Gasteiger partial charge in [0.1, 0.15) is 5.75 Å². The summed E-state index contributed by atoms with van der Waals surface area (Å²) in [5.41, 5.74) is 1.09. The molecule has 1 aromatic carbocycles. The maximum atomic E-state index is 12.0. The molecule has 1 fully saturated rings. The van der Waals surface area contributed by atoms with Crippen molar-refractivity contribution >= 4 is 11.8 Å². The van der Waals surface area contributed by atoms with Crippen LogP contribution < -0.4 is 15.4 Å². The molecular weight excluding hydrogens is 256 g/mol. The van der Waals surface area contributed by atoms with Gasteiger partial charge in [0.15, 0.2) is 6.10 Å². The second-order valence-electron chi connectivity index (χ2n) is 5.12. The zero-order valence-electron chi connectivity index (χ0n) is 11.8. The summed E-state index contributed by atoms with van der Waals surface area (Å²) in [5.74, 6) is 0.566. The minimum absolute atomic E-state index is 0.0104. The smallest absolute Gasteiger partial charge is 0.261 e. The van der Waals surface area contributed by atoms with Crippen molar-refractivity contribution in [1.29, 1.82) is 0 Å². The van der Waals surface area contributed by atoms with Crippen LogP contribution in [0.25, 0.3) is 0 Å². The van der Waals surface area contributed by atoms with Gasteiger partial charge in [-0.05, 0) is 38.0 Å². The average molecular weight is 276 g/mol. The lowest BCUT2D eigenvalue weighted by Crippen LogP contribution is -2.50. The fourth-order valence-corrected chi connectivity index (χ4v) is 2.12. The fourth-order valence-electron chi connectivity index (χ4n) is 2.12. The average Bonchev–Trinajstić information content (AvgIpc) is 2.41. The molecule has 2 N–H and O–H groups in total. The van der Waals surface area contributed by atoms with Gasteiger partial charge in [-0.2, -0.15) is 0 Å². The largest absolute Gasteiger partial charge is 0.481 e. The Labute approximate surface area is 118 Å². The highest BCUT2D eigenvalue weighted by molar-refractivity contribution is 5.82. The molecule has 1 aromatic rings. The number of rotatable bonds is 4. The van der Waals surface area contributed by atoms with Crippen molar-refractivity contribution in [2.24, 2.45) is 0 Å². The summed E-state index contributed by atoms with van der Waals surface area (Å²) in [6, 6.07) is 7.58. The van der Waals surface area contributed by atoms with Crippen molar-refractivity contribution in [3.05, 3.63) is 29.8 Å². The van der Waals surface area contributed by atoms with E-state index in [1.807, 2.05) is 31.2 Å². The molecule has 0 bridgehead atoms. The van der Waals surface area contributed by atoms with E-state index in [9.17, 15) is 9.59 Å². The van der Waals surface area contributed by atoms with Crippen LogP contribution in [0.3, 0.4) is 0 Å². The van der Waals surface area contributed by atoms with Gasteiger partial charge in [-0.1, -0.05) is 12.1 Å². The second-order valence-corrected chi connectivity index (χ2v) is 5.12.